The van der Waals surface area contributed by atoms with Gasteiger partial charge in [0.15, 0.2) is 11.6 Å². The van der Waals surface area contributed by atoms with Gasteiger partial charge in [-0.2, -0.15) is 0 Å². The van der Waals surface area contributed by atoms with Crippen LogP contribution >= 0.6 is 11.6 Å². The molecule has 0 bridgehead atoms. The Kier molecular flexibility index (Phi) is 4.63. The van der Waals surface area contributed by atoms with Gasteiger partial charge in [0.05, 0.1) is 0 Å². The van der Waals surface area contributed by atoms with Crippen molar-refractivity contribution in [2.24, 2.45) is 0 Å². The van der Waals surface area contributed by atoms with Crippen molar-refractivity contribution in [2.75, 3.05) is 0 Å². The van der Waals surface area contributed by atoms with E-state index in [-0.39, 0.29) is 11.6 Å². The summed E-state index contributed by atoms with van der Waals surface area (Å²) in [6.45, 7) is 3.42. The summed E-state index contributed by atoms with van der Waals surface area (Å²) in [4.78, 5) is 28.6. The summed E-state index contributed by atoms with van der Waals surface area (Å²) in [7, 11) is 0. The maximum atomic E-state index is 12.3. The third kappa shape index (κ3) is 3.17. The minimum atomic E-state index is -0.0616. The van der Waals surface area contributed by atoms with Gasteiger partial charge in [-0.1, -0.05) is 35.9 Å². The number of hydrogen-bond donors (Lipinski definition) is 0. The first-order chi connectivity index (χ1) is 11.5. The van der Waals surface area contributed by atoms with Gasteiger partial charge in [0.25, 0.3) is 0 Å². The van der Waals surface area contributed by atoms with Crippen LogP contribution in [0, 0.1) is 0 Å². The van der Waals surface area contributed by atoms with Gasteiger partial charge in [-0.3, -0.25) is 9.59 Å². The Hall–Kier alpha value is -2.26. The molecule has 2 aromatic rings. The molecule has 0 N–H and O–H groups in total. The number of aromatic nitrogens is 1. The number of ketones is 2. The average molecular weight is 340 g/mol. The lowest BCUT2D eigenvalue weighted by Crippen LogP contribution is -2.16. The average Bonchev–Trinajstić information content (AvgIpc) is 2.57. The molecule has 0 fully saturated rings. The number of pyridine rings is 1. The molecular weight excluding hydrogens is 322 g/mol. The lowest BCUT2D eigenvalue weighted by atomic mass is 9.88. The Bertz CT molecular complexity index is 909. The van der Waals surface area contributed by atoms with Crippen molar-refractivity contribution in [1.82, 2.24) is 4.98 Å². The molecule has 0 aliphatic heterocycles. The van der Waals surface area contributed by atoms with E-state index < -0.39 is 0 Å². The molecule has 0 atom stereocenters. The highest BCUT2D eigenvalue weighted by molar-refractivity contribution is 6.30. The molecule has 0 unspecified atom stereocenters. The van der Waals surface area contributed by atoms with Crippen molar-refractivity contribution in [3.05, 3.63) is 64.0 Å². The van der Waals surface area contributed by atoms with Gasteiger partial charge in [0, 0.05) is 27.8 Å². The number of halogens is 1. The summed E-state index contributed by atoms with van der Waals surface area (Å²) in [5.41, 5.74) is 2.63. The standard InChI is InChI=1S/C20H18ClNO2/c1-12-13(2)20(24)15(10-18(12)23)7-5-9-17-16-8-4-3-6-14(16)11-19(21)22-17/h3-4,6,8,10-11H,5,7,9H2,1-2H3. The van der Waals surface area contributed by atoms with Crippen LogP contribution in [0.2, 0.25) is 5.15 Å². The molecule has 4 heteroatoms. The van der Waals surface area contributed by atoms with Gasteiger partial charge < -0.3 is 0 Å². The topological polar surface area (TPSA) is 47.0 Å². The fourth-order valence-electron chi connectivity index (χ4n) is 2.99. The molecule has 3 nitrogen and oxygen atoms in total. The number of carbonyl (C=O) groups excluding carboxylic acids is 2. The summed E-state index contributed by atoms with van der Waals surface area (Å²) >= 11 is 6.10. The second kappa shape index (κ2) is 6.70. The van der Waals surface area contributed by atoms with Gasteiger partial charge in [0.2, 0.25) is 0 Å². The summed E-state index contributed by atoms with van der Waals surface area (Å²) in [5.74, 6) is -0.0792. The molecule has 0 amide bonds. The zero-order valence-corrected chi connectivity index (χ0v) is 14.5. The van der Waals surface area contributed by atoms with E-state index in [9.17, 15) is 9.59 Å². The number of benzene rings is 1. The molecule has 3 rings (SSSR count). The van der Waals surface area contributed by atoms with E-state index >= 15 is 0 Å². The summed E-state index contributed by atoms with van der Waals surface area (Å²) < 4.78 is 0. The number of nitrogens with zero attached hydrogens (tertiary/aromatic N) is 1. The minimum absolute atomic E-state index is 0.0176. The van der Waals surface area contributed by atoms with Gasteiger partial charge >= 0.3 is 0 Å². The number of aryl methyl sites for hydroxylation is 1. The lowest BCUT2D eigenvalue weighted by Gasteiger charge is -2.14. The summed E-state index contributed by atoms with van der Waals surface area (Å²) in [6, 6.07) is 9.83. The Morgan fingerprint density at radius 2 is 1.79 bits per heavy atom. The van der Waals surface area contributed by atoms with E-state index in [4.69, 9.17) is 11.6 Å². The van der Waals surface area contributed by atoms with Crippen molar-refractivity contribution >= 4 is 33.9 Å². The first kappa shape index (κ1) is 16.6. The summed E-state index contributed by atoms with van der Waals surface area (Å²) in [5, 5.41) is 2.61. The molecule has 0 radical (unpaired) electrons. The zero-order valence-electron chi connectivity index (χ0n) is 13.7. The lowest BCUT2D eigenvalue weighted by molar-refractivity contribution is -0.116. The van der Waals surface area contributed by atoms with Gasteiger partial charge in [-0.25, -0.2) is 4.98 Å². The van der Waals surface area contributed by atoms with E-state index in [0.29, 0.717) is 34.7 Å². The molecule has 0 spiro atoms. The van der Waals surface area contributed by atoms with Crippen molar-refractivity contribution in [3.8, 4) is 0 Å². The highest BCUT2D eigenvalue weighted by Crippen LogP contribution is 2.25. The molecule has 1 heterocycles. The monoisotopic (exact) mass is 339 g/mol. The largest absolute Gasteiger partial charge is 0.290 e. The van der Waals surface area contributed by atoms with Crippen LogP contribution in [0.1, 0.15) is 32.4 Å². The molecule has 0 saturated heterocycles. The predicted octanol–water partition coefficient (Wildman–Crippen LogP) is 4.63. The third-order valence-corrected chi connectivity index (χ3v) is 4.71. The molecule has 0 saturated carbocycles. The maximum Gasteiger partial charge on any atom is 0.185 e. The smallest absolute Gasteiger partial charge is 0.185 e. The van der Waals surface area contributed by atoms with Crippen molar-refractivity contribution in [3.63, 3.8) is 0 Å². The van der Waals surface area contributed by atoms with Crippen LogP contribution in [-0.4, -0.2) is 16.6 Å². The SMILES string of the molecule is CC1=C(C)C(=O)C(CCCc2nc(Cl)cc3ccccc23)=CC1=O. The van der Waals surface area contributed by atoms with Crippen LogP contribution in [0.25, 0.3) is 10.8 Å². The predicted molar refractivity (Wildman–Crippen MR) is 96.2 cm³/mol. The number of carbonyl (C=O) groups is 2. The van der Waals surface area contributed by atoms with Crippen molar-refractivity contribution in [1.29, 1.82) is 0 Å². The highest BCUT2D eigenvalue weighted by Gasteiger charge is 2.22. The van der Waals surface area contributed by atoms with E-state index in [1.165, 1.54) is 6.08 Å². The molecular formula is C20H18ClNO2. The second-order valence-electron chi connectivity index (χ2n) is 6.08. The van der Waals surface area contributed by atoms with E-state index in [2.05, 4.69) is 4.98 Å². The van der Waals surface area contributed by atoms with E-state index in [0.717, 1.165) is 22.9 Å². The Morgan fingerprint density at radius 1 is 1.04 bits per heavy atom. The number of rotatable bonds is 4. The minimum Gasteiger partial charge on any atom is -0.290 e. The van der Waals surface area contributed by atoms with Crippen LogP contribution in [0.5, 0.6) is 0 Å². The first-order valence-electron chi connectivity index (χ1n) is 7.98. The Balaban J connectivity index is 1.75. The molecule has 1 aromatic heterocycles. The van der Waals surface area contributed by atoms with Crippen LogP contribution < -0.4 is 0 Å². The highest BCUT2D eigenvalue weighted by atomic mass is 35.5. The normalized spacial score (nSPS) is 15.2. The Morgan fingerprint density at radius 3 is 2.58 bits per heavy atom. The molecule has 122 valence electrons. The molecule has 1 aliphatic carbocycles. The number of fused-ring (bicyclic) bond motifs is 1. The summed E-state index contributed by atoms with van der Waals surface area (Å²) in [6.07, 6.45) is 3.50. The van der Waals surface area contributed by atoms with Gasteiger partial charge in [-0.05, 0) is 50.6 Å². The fraction of sp³-hybridized carbons (Fsp3) is 0.250. The van der Waals surface area contributed by atoms with Crippen LogP contribution in [0.4, 0.5) is 0 Å². The zero-order chi connectivity index (χ0) is 17.3. The number of Topliss-reactive ketones (excluding diaryl/α,β-unsaturated/α-hetero) is 1. The fourth-order valence-corrected chi connectivity index (χ4v) is 3.21. The van der Waals surface area contributed by atoms with Crippen molar-refractivity contribution in [2.45, 2.75) is 33.1 Å². The molecule has 1 aliphatic rings. The van der Waals surface area contributed by atoms with Gasteiger partial charge in [0.1, 0.15) is 5.15 Å². The molecule has 1 aromatic carbocycles. The van der Waals surface area contributed by atoms with Gasteiger partial charge in [-0.15, -0.1) is 0 Å². The van der Waals surface area contributed by atoms with Crippen molar-refractivity contribution < 1.29 is 9.59 Å². The molecule has 24 heavy (non-hydrogen) atoms. The second-order valence-corrected chi connectivity index (χ2v) is 6.47. The van der Waals surface area contributed by atoms with E-state index in [1.807, 2.05) is 30.3 Å². The maximum absolute atomic E-state index is 12.3. The first-order valence-corrected chi connectivity index (χ1v) is 8.36. The third-order valence-electron chi connectivity index (χ3n) is 4.52. The van der Waals surface area contributed by atoms with Crippen LogP contribution in [0.15, 0.2) is 53.1 Å². The van der Waals surface area contributed by atoms with E-state index in [1.54, 1.807) is 13.8 Å². The Labute approximate surface area is 146 Å². The van der Waals surface area contributed by atoms with Crippen LogP contribution in [-0.2, 0) is 16.0 Å². The number of allylic oxidation sites excluding steroid dienone is 4. The van der Waals surface area contributed by atoms with Crippen LogP contribution in [0.3, 0.4) is 0 Å². The quantitative estimate of drug-likeness (QED) is 0.603. The number of hydrogen-bond acceptors (Lipinski definition) is 3.